The minimum Gasteiger partial charge on any atom is -0.382 e. The van der Waals surface area contributed by atoms with E-state index in [4.69, 9.17) is 4.74 Å². The third kappa shape index (κ3) is 7.76. The second kappa shape index (κ2) is 13.0. The smallest absolute Gasteiger partial charge is 0.244 e. The highest BCUT2D eigenvalue weighted by atomic mass is 16.5. The molecule has 1 aromatic carbocycles. The van der Waals surface area contributed by atoms with E-state index in [2.05, 4.69) is 32.7 Å². The number of guanidine groups is 1. The van der Waals surface area contributed by atoms with E-state index in [-0.39, 0.29) is 12.5 Å². The van der Waals surface area contributed by atoms with Crippen molar-refractivity contribution in [2.75, 3.05) is 63.9 Å². The molecule has 156 valence electrons. The van der Waals surface area contributed by atoms with E-state index in [0.29, 0.717) is 5.96 Å². The van der Waals surface area contributed by atoms with Crippen molar-refractivity contribution in [3.8, 4) is 0 Å². The summed E-state index contributed by atoms with van der Waals surface area (Å²) in [6.45, 7) is 10.6. The van der Waals surface area contributed by atoms with E-state index < -0.39 is 0 Å². The number of carbonyl (C=O) groups excluding carboxylic acids is 1. The molecule has 7 heteroatoms. The molecule has 7 nitrogen and oxygen atoms in total. The number of piperazine rings is 1. The Hall–Kier alpha value is -2.28. The van der Waals surface area contributed by atoms with Gasteiger partial charge < -0.3 is 25.2 Å². The van der Waals surface area contributed by atoms with Crippen molar-refractivity contribution in [2.24, 2.45) is 4.99 Å². The van der Waals surface area contributed by atoms with Crippen molar-refractivity contribution in [3.05, 3.63) is 30.3 Å². The second-order valence-electron chi connectivity index (χ2n) is 6.73. The Morgan fingerprint density at radius 3 is 2.50 bits per heavy atom. The number of nitrogens with zero attached hydrogens (tertiary/aromatic N) is 3. The Kier molecular flexibility index (Phi) is 10.2. The number of aliphatic imine (C=N–C) groups is 1. The van der Waals surface area contributed by atoms with Gasteiger partial charge in [0.15, 0.2) is 5.96 Å². The molecule has 2 rings (SSSR count). The van der Waals surface area contributed by atoms with Crippen molar-refractivity contribution in [1.82, 2.24) is 15.5 Å². The molecule has 0 radical (unpaired) electrons. The summed E-state index contributed by atoms with van der Waals surface area (Å²) in [7, 11) is 0. The summed E-state index contributed by atoms with van der Waals surface area (Å²) in [5.74, 6) is 0.788. The number of hydrogen-bond acceptors (Lipinski definition) is 4. The van der Waals surface area contributed by atoms with Crippen LogP contribution in [0.5, 0.6) is 0 Å². The third-order valence-corrected chi connectivity index (χ3v) is 4.68. The van der Waals surface area contributed by atoms with Crippen LogP contribution in [0, 0.1) is 0 Å². The molecule has 0 unspecified atom stereocenters. The molecule has 1 amide bonds. The monoisotopic (exact) mass is 389 g/mol. The largest absolute Gasteiger partial charge is 0.382 e. The number of nitrogens with one attached hydrogen (secondary N) is 2. The van der Waals surface area contributed by atoms with Crippen LogP contribution in [0.3, 0.4) is 0 Å². The average Bonchev–Trinajstić information content (AvgIpc) is 2.75. The summed E-state index contributed by atoms with van der Waals surface area (Å²) in [5.41, 5.74) is 1.22. The molecule has 1 aliphatic heterocycles. The number of unbranched alkanes of at least 4 members (excludes halogenated alkanes) is 1. The first-order valence-electron chi connectivity index (χ1n) is 10.4. The third-order valence-electron chi connectivity index (χ3n) is 4.68. The standard InChI is InChI=1S/C21H35N5O2/c1-3-22-21(23-12-8-9-17-28-4-2)24-18-20(27)26-15-13-25(14-16-26)19-10-6-5-7-11-19/h5-7,10-11H,3-4,8-9,12-18H2,1-2H3,(H2,22,23,24). The summed E-state index contributed by atoms with van der Waals surface area (Å²) in [4.78, 5) is 21.2. The van der Waals surface area contributed by atoms with Crippen LogP contribution >= 0.6 is 0 Å². The van der Waals surface area contributed by atoms with E-state index in [0.717, 1.165) is 65.3 Å². The van der Waals surface area contributed by atoms with Gasteiger partial charge in [0.2, 0.25) is 5.91 Å². The molecule has 0 aromatic heterocycles. The number of amides is 1. The lowest BCUT2D eigenvalue weighted by Gasteiger charge is -2.36. The maximum Gasteiger partial charge on any atom is 0.244 e. The highest BCUT2D eigenvalue weighted by molar-refractivity contribution is 5.85. The van der Waals surface area contributed by atoms with Gasteiger partial charge in [-0.2, -0.15) is 0 Å². The lowest BCUT2D eigenvalue weighted by atomic mass is 10.2. The fourth-order valence-corrected chi connectivity index (χ4v) is 3.12. The van der Waals surface area contributed by atoms with E-state index in [9.17, 15) is 4.79 Å². The Labute approximate surface area is 169 Å². The van der Waals surface area contributed by atoms with E-state index in [1.165, 1.54) is 5.69 Å². The Bertz CT molecular complexity index is 586. The quantitative estimate of drug-likeness (QED) is 0.362. The van der Waals surface area contributed by atoms with Crippen LogP contribution in [-0.4, -0.2) is 75.8 Å². The summed E-state index contributed by atoms with van der Waals surface area (Å²) in [6, 6.07) is 10.4. The number of anilines is 1. The van der Waals surface area contributed by atoms with Gasteiger partial charge in [-0.1, -0.05) is 18.2 Å². The van der Waals surface area contributed by atoms with E-state index in [1.54, 1.807) is 0 Å². The molecular formula is C21H35N5O2. The molecule has 0 saturated carbocycles. The van der Waals surface area contributed by atoms with Crippen LogP contribution in [0.2, 0.25) is 0 Å². The van der Waals surface area contributed by atoms with Crippen molar-refractivity contribution in [3.63, 3.8) is 0 Å². The SMILES string of the molecule is CCNC(=NCC(=O)N1CCN(c2ccccc2)CC1)NCCCCOCC. The molecule has 1 fully saturated rings. The molecule has 0 bridgehead atoms. The average molecular weight is 390 g/mol. The lowest BCUT2D eigenvalue weighted by molar-refractivity contribution is -0.129. The van der Waals surface area contributed by atoms with Crippen molar-refractivity contribution >= 4 is 17.6 Å². The van der Waals surface area contributed by atoms with Gasteiger partial charge >= 0.3 is 0 Å². The molecule has 0 atom stereocenters. The maximum absolute atomic E-state index is 12.5. The molecule has 0 spiro atoms. The van der Waals surface area contributed by atoms with Gasteiger partial charge in [0, 0.05) is 58.2 Å². The van der Waals surface area contributed by atoms with E-state index >= 15 is 0 Å². The molecule has 1 aliphatic rings. The first-order valence-corrected chi connectivity index (χ1v) is 10.4. The number of benzene rings is 1. The van der Waals surface area contributed by atoms with Gasteiger partial charge in [-0.15, -0.1) is 0 Å². The van der Waals surface area contributed by atoms with Crippen LogP contribution in [0.25, 0.3) is 0 Å². The number of carbonyl (C=O) groups is 1. The van der Waals surface area contributed by atoms with Crippen LogP contribution in [0.1, 0.15) is 26.7 Å². The zero-order valence-corrected chi connectivity index (χ0v) is 17.3. The van der Waals surface area contributed by atoms with Crippen LogP contribution in [-0.2, 0) is 9.53 Å². The maximum atomic E-state index is 12.5. The van der Waals surface area contributed by atoms with Crippen LogP contribution in [0.4, 0.5) is 5.69 Å². The minimum atomic E-state index is 0.0845. The highest BCUT2D eigenvalue weighted by Gasteiger charge is 2.20. The van der Waals surface area contributed by atoms with Crippen molar-refractivity contribution in [2.45, 2.75) is 26.7 Å². The zero-order valence-electron chi connectivity index (χ0n) is 17.3. The predicted octanol–water partition coefficient (Wildman–Crippen LogP) is 1.71. The first-order chi connectivity index (χ1) is 13.7. The van der Waals surface area contributed by atoms with Crippen LogP contribution < -0.4 is 15.5 Å². The topological polar surface area (TPSA) is 69.2 Å². The first kappa shape index (κ1) is 22.0. The summed E-state index contributed by atoms with van der Waals surface area (Å²) in [5, 5.41) is 6.49. The van der Waals surface area contributed by atoms with Gasteiger partial charge in [-0.3, -0.25) is 4.79 Å². The molecule has 28 heavy (non-hydrogen) atoms. The molecule has 1 saturated heterocycles. The van der Waals surface area contributed by atoms with E-state index in [1.807, 2.05) is 36.9 Å². The lowest BCUT2D eigenvalue weighted by Crippen LogP contribution is -2.49. The number of rotatable bonds is 10. The second-order valence-corrected chi connectivity index (χ2v) is 6.73. The fraction of sp³-hybridized carbons (Fsp3) is 0.619. The van der Waals surface area contributed by atoms with Gasteiger partial charge in [-0.05, 0) is 38.8 Å². The molecular weight excluding hydrogens is 354 g/mol. The van der Waals surface area contributed by atoms with Crippen LogP contribution in [0.15, 0.2) is 35.3 Å². The Morgan fingerprint density at radius 2 is 1.82 bits per heavy atom. The molecule has 1 heterocycles. The number of para-hydroxylation sites is 1. The predicted molar refractivity (Wildman–Crippen MR) is 115 cm³/mol. The fourth-order valence-electron chi connectivity index (χ4n) is 3.12. The summed E-state index contributed by atoms with van der Waals surface area (Å²) in [6.07, 6.45) is 2.03. The Morgan fingerprint density at radius 1 is 1.07 bits per heavy atom. The summed E-state index contributed by atoms with van der Waals surface area (Å²) >= 11 is 0. The van der Waals surface area contributed by atoms with Gasteiger partial charge in [0.1, 0.15) is 6.54 Å². The van der Waals surface area contributed by atoms with Crippen molar-refractivity contribution in [1.29, 1.82) is 0 Å². The van der Waals surface area contributed by atoms with Crippen molar-refractivity contribution < 1.29 is 9.53 Å². The number of hydrogen-bond donors (Lipinski definition) is 2. The number of ether oxygens (including phenoxy) is 1. The normalized spacial score (nSPS) is 14.9. The molecule has 0 aliphatic carbocycles. The Balaban J connectivity index is 1.72. The van der Waals surface area contributed by atoms with Gasteiger partial charge in [0.25, 0.3) is 0 Å². The highest BCUT2D eigenvalue weighted by Crippen LogP contribution is 2.15. The molecule has 1 aromatic rings. The summed E-state index contributed by atoms with van der Waals surface area (Å²) < 4.78 is 5.34. The zero-order chi connectivity index (χ0) is 20.0. The van der Waals surface area contributed by atoms with Gasteiger partial charge in [-0.25, -0.2) is 4.99 Å². The minimum absolute atomic E-state index is 0.0845. The van der Waals surface area contributed by atoms with Gasteiger partial charge in [0.05, 0.1) is 0 Å². The molecule has 2 N–H and O–H groups in total.